The number of carbonyl (C=O) groups is 2. The van der Waals surface area contributed by atoms with Crippen molar-refractivity contribution in [2.24, 2.45) is 5.92 Å². The van der Waals surface area contributed by atoms with E-state index >= 15 is 0 Å². The van der Waals surface area contributed by atoms with Crippen LogP contribution in [0.2, 0.25) is 0 Å². The molecule has 0 amide bonds. The van der Waals surface area contributed by atoms with E-state index in [2.05, 4.69) is 4.90 Å². The van der Waals surface area contributed by atoms with Gasteiger partial charge < -0.3 is 14.6 Å². The summed E-state index contributed by atoms with van der Waals surface area (Å²) in [5.74, 6) is -0.955. The van der Waals surface area contributed by atoms with Gasteiger partial charge in [-0.1, -0.05) is 6.08 Å². The van der Waals surface area contributed by atoms with Crippen LogP contribution in [-0.2, 0) is 19.1 Å². The highest BCUT2D eigenvalue weighted by Gasteiger charge is 2.43. The highest BCUT2D eigenvalue weighted by molar-refractivity contribution is 5.88. The highest BCUT2D eigenvalue weighted by Crippen LogP contribution is 2.33. The predicted octanol–water partition coefficient (Wildman–Crippen LogP) is 1.66. The van der Waals surface area contributed by atoms with E-state index in [1.165, 1.54) is 20.3 Å². The number of carbonyl (C=O) groups excluding carboxylic acids is 2. The second kappa shape index (κ2) is 7.66. The number of allylic oxidation sites excluding steroid dienone is 1. The van der Waals surface area contributed by atoms with Crippen LogP contribution in [0.5, 0.6) is 0 Å². The van der Waals surface area contributed by atoms with E-state index in [0.717, 1.165) is 25.9 Å². The van der Waals surface area contributed by atoms with Crippen LogP contribution in [0.1, 0.15) is 47.0 Å². The minimum Gasteiger partial charge on any atom is -0.463 e. The van der Waals surface area contributed by atoms with Gasteiger partial charge in [0.25, 0.3) is 0 Å². The van der Waals surface area contributed by atoms with E-state index in [4.69, 9.17) is 9.47 Å². The molecule has 6 heteroatoms. The normalized spacial score (nSPS) is 28.1. The molecule has 136 valence electrons. The largest absolute Gasteiger partial charge is 0.463 e. The van der Waals surface area contributed by atoms with Crippen LogP contribution in [0.4, 0.5) is 0 Å². The molecule has 0 spiro atoms. The fraction of sp³-hybridized carbons (Fsp3) is 0.778. The summed E-state index contributed by atoms with van der Waals surface area (Å²) in [6, 6.07) is 0.496. The molecular weight excluding hydrogens is 310 g/mol. The number of esters is 2. The zero-order chi connectivity index (χ0) is 17.9. The van der Waals surface area contributed by atoms with Crippen LogP contribution in [0.3, 0.4) is 0 Å². The van der Waals surface area contributed by atoms with Crippen LogP contribution >= 0.6 is 0 Å². The standard InChI is InChI=1S/C18H29NO5/c1-5-12(2)16(20)24-13(3)18(4,22)17(21)23-11-14-8-10-19-9-6-7-15(14)19/h5,13-15,22H,6-11H2,1-4H3/b12-5+/t13-,14+,15+,18+/m1/s1. The smallest absolute Gasteiger partial charge is 0.341 e. The van der Waals surface area contributed by atoms with Gasteiger partial charge in [-0.2, -0.15) is 0 Å². The molecule has 0 aromatic heterocycles. The van der Waals surface area contributed by atoms with Crippen molar-refractivity contribution in [2.75, 3.05) is 19.7 Å². The summed E-state index contributed by atoms with van der Waals surface area (Å²) < 4.78 is 10.5. The van der Waals surface area contributed by atoms with Crippen LogP contribution in [0, 0.1) is 5.92 Å². The molecule has 0 aromatic rings. The summed E-state index contributed by atoms with van der Waals surface area (Å²) in [6.45, 7) is 8.66. The second-order valence-electron chi connectivity index (χ2n) is 7.06. The molecular formula is C18H29NO5. The quantitative estimate of drug-likeness (QED) is 0.586. The molecule has 2 fully saturated rings. The lowest BCUT2D eigenvalue weighted by Crippen LogP contribution is -2.49. The fourth-order valence-corrected chi connectivity index (χ4v) is 3.36. The maximum Gasteiger partial charge on any atom is 0.341 e. The summed E-state index contributed by atoms with van der Waals surface area (Å²) in [5, 5.41) is 10.4. The lowest BCUT2D eigenvalue weighted by molar-refractivity contribution is -0.183. The number of aliphatic hydroxyl groups is 1. The summed E-state index contributed by atoms with van der Waals surface area (Å²) >= 11 is 0. The zero-order valence-electron chi connectivity index (χ0n) is 15.1. The molecule has 0 unspecified atom stereocenters. The summed E-state index contributed by atoms with van der Waals surface area (Å²) in [7, 11) is 0. The predicted molar refractivity (Wildman–Crippen MR) is 89.3 cm³/mol. The Bertz CT molecular complexity index is 514. The monoisotopic (exact) mass is 339 g/mol. The van der Waals surface area contributed by atoms with Crippen molar-refractivity contribution in [2.45, 2.75) is 64.7 Å². The van der Waals surface area contributed by atoms with Gasteiger partial charge in [0.2, 0.25) is 0 Å². The first-order valence-corrected chi connectivity index (χ1v) is 8.75. The van der Waals surface area contributed by atoms with Gasteiger partial charge in [-0.25, -0.2) is 9.59 Å². The third-order valence-corrected chi connectivity index (χ3v) is 5.42. The van der Waals surface area contributed by atoms with Crippen molar-refractivity contribution >= 4 is 11.9 Å². The fourth-order valence-electron chi connectivity index (χ4n) is 3.36. The number of ether oxygens (including phenoxy) is 2. The van der Waals surface area contributed by atoms with Crippen molar-refractivity contribution in [1.82, 2.24) is 4.90 Å². The molecule has 24 heavy (non-hydrogen) atoms. The number of hydrogen-bond donors (Lipinski definition) is 1. The van der Waals surface area contributed by atoms with Gasteiger partial charge in [-0.3, -0.25) is 4.90 Å². The lowest BCUT2D eigenvalue weighted by Gasteiger charge is -2.29. The van der Waals surface area contributed by atoms with Crippen molar-refractivity contribution in [3.8, 4) is 0 Å². The number of fused-ring (bicyclic) bond motifs is 1. The molecule has 2 rings (SSSR count). The molecule has 0 radical (unpaired) electrons. The molecule has 2 aliphatic heterocycles. The van der Waals surface area contributed by atoms with Gasteiger partial charge in [0.1, 0.15) is 6.10 Å². The Hall–Kier alpha value is -1.40. The Morgan fingerprint density at radius 2 is 2.08 bits per heavy atom. The maximum atomic E-state index is 12.3. The number of rotatable bonds is 6. The molecule has 0 aliphatic carbocycles. The molecule has 0 bridgehead atoms. The van der Waals surface area contributed by atoms with Gasteiger partial charge in [-0.05, 0) is 60.0 Å². The first-order chi connectivity index (χ1) is 11.3. The third kappa shape index (κ3) is 3.98. The van der Waals surface area contributed by atoms with E-state index in [9.17, 15) is 14.7 Å². The van der Waals surface area contributed by atoms with Gasteiger partial charge >= 0.3 is 11.9 Å². The van der Waals surface area contributed by atoms with Crippen molar-refractivity contribution < 1.29 is 24.2 Å². The van der Waals surface area contributed by atoms with Crippen LogP contribution < -0.4 is 0 Å². The SMILES string of the molecule is C/C=C(\C)C(=O)O[C@H](C)[C@](C)(O)C(=O)OC[C@@H]1CCN2CCC[C@@H]12. The third-order valence-electron chi connectivity index (χ3n) is 5.42. The average molecular weight is 339 g/mol. The van der Waals surface area contributed by atoms with Crippen LogP contribution in [0.15, 0.2) is 11.6 Å². The molecule has 2 heterocycles. The van der Waals surface area contributed by atoms with E-state index in [1.807, 2.05) is 0 Å². The molecule has 0 saturated carbocycles. The summed E-state index contributed by atoms with van der Waals surface area (Å²) in [5.41, 5.74) is -1.43. The van der Waals surface area contributed by atoms with Crippen molar-refractivity contribution in [1.29, 1.82) is 0 Å². The molecule has 0 aromatic carbocycles. The van der Waals surface area contributed by atoms with Crippen LogP contribution in [-0.4, -0.2) is 59.4 Å². The van der Waals surface area contributed by atoms with Crippen molar-refractivity contribution in [3.05, 3.63) is 11.6 Å². The topological polar surface area (TPSA) is 76.1 Å². The van der Waals surface area contributed by atoms with Gasteiger partial charge in [0, 0.05) is 17.5 Å². The Morgan fingerprint density at radius 3 is 2.75 bits per heavy atom. The molecule has 2 aliphatic rings. The first kappa shape index (κ1) is 18.9. The highest BCUT2D eigenvalue weighted by atomic mass is 16.6. The molecule has 6 nitrogen and oxygen atoms in total. The summed E-state index contributed by atoms with van der Waals surface area (Å²) in [6.07, 6.45) is 4.00. The Morgan fingerprint density at radius 1 is 1.38 bits per heavy atom. The van der Waals surface area contributed by atoms with Gasteiger partial charge in [0.15, 0.2) is 5.60 Å². The van der Waals surface area contributed by atoms with Gasteiger partial charge in [0.05, 0.1) is 6.61 Å². The number of nitrogens with zero attached hydrogens (tertiary/aromatic N) is 1. The van der Waals surface area contributed by atoms with E-state index < -0.39 is 23.6 Å². The number of hydrogen-bond acceptors (Lipinski definition) is 6. The van der Waals surface area contributed by atoms with Crippen molar-refractivity contribution in [3.63, 3.8) is 0 Å². The van der Waals surface area contributed by atoms with Gasteiger partial charge in [-0.15, -0.1) is 0 Å². The Labute approximate surface area is 143 Å². The van der Waals surface area contributed by atoms with Crippen LogP contribution in [0.25, 0.3) is 0 Å². The minimum atomic E-state index is -1.86. The lowest BCUT2D eigenvalue weighted by atomic mass is 9.98. The maximum absolute atomic E-state index is 12.3. The Balaban J connectivity index is 1.86. The average Bonchev–Trinajstić information content (AvgIpc) is 3.15. The van der Waals surface area contributed by atoms with E-state index in [0.29, 0.717) is 24.1 Å². The first-order valence-electron chi connectivity index (χ1n) is 8.75. The second-order valence-corrected chi connectivity index (χ2v) is 7.06. The zero-order valence-corrected chi connectivity index (χ0v) is 15.1. The van der Waals surface area contributed by atoms with E-state index in [-0.39, 0.29) is 0 Å². The minimum absolute atomic E-state index is 0.310. The molecule has 1 N–H and O–H groups in total. The molecule has 4 atom stereocenters. The Kier molecular flexibility index (Phi) is 6.04. The molecule has 2 saturated heterocycles. The van der Waals surface area contributed by atoms with E-state index in [1.54, 1.807) is 19.9 Å². The summed E-state index contributed by atoms with van der Waals surface area (Å²) in [4.78, 5) is 26.5.